The Morgan fingerprint density at radius 3 is 2.80 bits per heavy atom. The topological polar surface area (TPSA) is 58.4 Å². The number of halogens is 1. The average Bonchev–Trinajstić information content (AvgIpc) is 2.58. The molecule has 0 radical (unpaired) electrons. The molecule has 0 aromatic heterocycles. The number of nitrogen functional groups attached to an aromatic ring is 1. The van der Waals surface area contributed by atoms with Crippen molar-refractivity contribution in [2.75, 3.05) is 22.5 Å². The maximum absolute atomic E-state index is 12.6. The molecule has 132 valence electrons. The number of hydrogen-bond acceptors (Lipinski definition) is 3. The van der Waals surface area contributed by atoms with Crippen LogP contribution in [0.15, 0.2) is 40.9 Å². The van der Waals surface area contributed by atoms with E-state index in [1.54, 1.807) is 12.1 Å². The van der Waals surface area contributed by atoms with Crippen LogP contribution >= 0.6 is 15.9 Å². The molecule has 2 aromatic carbocycles. The lowest BCUT2D eigenvalue weighted by Crippen LogP contribution is -2.37. The van der Waals surface area contributed by atoms with Crippen LogP contribution in [0.1, 0.15) is 42.1 Å². The number of piperidine rings is 1. The van der Waals surface area contributed by atoms with Crippen molar-refractivity contribution in [1.82, 2.24) is 0 Å². The van der Waals surface area contributed by atoms with Crippen LogP contribution in [0, 0.1) is 6.92 Å². The lowest BCUT2D eigenvalue weighted by atomic mass is 10.0. The van der Waals surface area contributed by atoms with E-state index in [4.69, 9.17) is 5.73 Å². The van der Waals surface area contributed by atoms with E-state index in [-0.39, 0.29) is 5.91 Å². The zero-order valence-electron chi connectivity index (χ0n) is 14.7. The number of carbonyl (C=O) groups is 1. The summed E-state index contributed by atoms with van der Waals surface area (Å²) in [6, 6.07) is 11.8. The highest BCUT2D eigenvalue weighted by Gasteiger charge is 2.21. The van der Waals surface area contributed by atoms with Crippen LogP contribution in [0.4, 0.5) is 17.1 Å². The molecule has 2 aromatic rings. The van der Waals surface area contributed by atoms with Crippen molar-refractivity contribution in [2.45, 2.75) is 39.2 Å². The Morgan fingerprint density at radius 1 is 1.28 bits per heavy atom. The predicted molar refractivity (Wildman–Crippen MR) is 108 cm³/mol. The van der Waals surface area contributed by atoms with E-state index < -0.39 is 0 Å². The highest BCUT2D eigenvalue weighted by atomic mass is 79.9. The number of anilines is 3. The minimum atomic E-state index is -0.158. The van der Waals surface area contributed by atoms with E-state index >= 15 is 0 Å². The summed E-state index contributed by atoms with van der Waals surface area (Å²) in [7, 11) is 0. The molecule has 1 aliphatic rings. The van der Waals surface area contributed by atoms with E-state index in [9.17, 15) is 4.79 Å². The molecule has 1 saturated heterocycles. The van der Waals surface area contributed by atoms with Gasteiger partial charge in [0.2, 0.25) is 0 Å². The zero-order chi connectivity index (χ0) is 18.0. The Hall–Kier alpha value is -2.01. The van der Waals surface area contributed by atoms with Crippen molar-refractivity contribution in [3.05, 3.63) is 52.0 Å². The summed E-state index contributed by atoms with van der Waals surface area (Å²) in [5.41, 5.74) is 10.3. The number of amides is 1. The molecule has 25 heavy (non-hydrogen) atoms. The van der Waals surface area contributed by atoms with Crippen molar-refractivity contribution in [3.63, 3.8) is 0 Å². The summed E-state index contributed by atoms with van der Waals surface area (Å²) in [5, 5.41) is 2.96. The molecule has 1 atom stereocenters. The SMILES string of the molecule is Cc1cc(N)c(NC(=O)c2cccc(Br)c2)cc1N1CCCCC1C. The molecule has 5 heteroatoms. The van der Waals surface area contributed by atoms with Crippen molar-refractivity contribution >= 4 is 38.9 Å². The van der Waals surface area contributed by atoms with E-state index in [0.29, 0.717) is 23.0 Å². The summed E-state index contributed by atoms with van der Waals surface area (Å²) in [4.78, 5) is 15.0. The van der Waals surface area contributed by atoms with Crippen molar-refractivity contribution in [3.8, 4) is 0 Å². The molecular weight excluding hydrogens is 378 g/mol. The summed E-state index contributed by atoms with van der Waals surface area (Å²) in [5.74, 6) is -0.158. The minimum Gasteiger partial charge on any atom is -0.397 e. The lowest BCUT2D eigenvalue weighted by Gasteiger charge is -2.36. The molecule has 0 saturated carbocycles. The van der Waals surface area contributed by atoms with Gasteiger partial charge >= 0.3 is 0 Å². The molecule has 0 spiro atoms. The van der Waals surface area contributed by atoms with Gasteiger partial charge in [0, 0.05) is 28.3 Å². The first-order valence-corrected chi connectivity index (χ1v) is 9.48. The van der Waals surface area contributed by atoms with Gasteiger partial charge in [-0.15, -0.1) is 0 Å². The number of nitrogens with zero attached hydrogens (tertiary/aromatic N) is 1. The number of carbonyl (C=O) groups excluding carboxylic acids is 1. The van der Waals surface area contributed by atoms with Crippen molar-refractivity contribution in [2.24, 2.45) is 0 Å². The Morgan fingerprint density at radius 2 is 2.08 bits per heavy atom. The zero-order valence-corrected chi connectivity index (χ0v) is 16.3. The van der Waals surface area contributed by atoms with Gasteiger partial charge in [-0.25, -0.2) is 0 Å². The number of aryl methyl sites for hydroxylation is 1. The second-order valence-electron chi connectivity index (χ2n) is 6.73. The maximum atomic E-state index is 12.6. The third-order valence-corrected chi connectivity index (χ3v) is 5.31. The summed E-state index contributed by atoms with van der Waals surface area (Å²) >= 11 is 3.40. The molecule has 1 amide bonds. The highest BCUT2D eigenvalue weighted by Crippen LogP contribution is 2.33. The second kappa shape index (κ2) is 7.48. The van der Waals surface area contributed by atoms with E-state index in [1.165, 1.54) is 19.3 Å². The number of nitrogens with one attached hydrogen (secondary N) is 1. The molecular formula is C20H24BrN3O. The Labute approximate surface area is 157 Å². The van der Waals surface area contributed by atoms with Crippen LogP contribution < -0.4 is 16.0 Å². The first-order valence-electron chi connectivity index (χ1n) is 8.69. The molecule has 1 unspecified atom stereocenters. The molecule has 0 aliphatic carbocycles. The number of benzene rings is 2. The lowest BCUT2D eigenvalue weighted by molar-refractivity contribution is 0.102. The van der Waals surface area contributed by atoms with Gasteiger partial charge in [-0.3, -0.25) is 4.79 Å². The van der Waals surface area contributed by atoms with Gasteiger partial charge in [0.1, 0.15) is 0 Å². The van der Waals surface area contributed by atoms with Gasteiger partial charge in [-0.1, -0.05) is 22.0 Å². The largest absolute Gasteiger partial charge is 0.397 e. The van der Waals surface area contributed by atoms with Crippen molar-refractivity contribution < 1.29 is 4.79 Å². The van der Waals surface area contributed by atoms with Gasteiger partial charge in [-0.05, 0) is 69.0 Å². The van der Waals surface area contributed by atoms with Gasteiger partial charge in [-0.2, -0.15) is 0 Å². The summed E-state index contributed by atoms with van der Waals surface area (Å²) < 4.78 is 0.875. The van der Waals surface area contributed by atoms with E-state index in [0.717, 1.165) is 22.3 Å². The predicted octanol–water partition coefficient (Wildman–Crippen LogP) is 4.97. The molecule has 3 rings (SSSR count). The average molecular weight is 402 g/mol. The van der Waals surface area contributed by atoms with Crippen LogP contribution in [-0.4, -0.2) is 18.5 Å². The fourth-order valence-electron chi connectivity index (χ4n) is 3.42. The molecule has 0 bridgehead atoms. The molecule has 4 nitrogen and oxygen atoms in total. The van der Waals surface area contributed by atoms with Crippen LogP contribution in [0.3, 0.4) is 0 Å². The highest BCUT2D eigenvalue weighted by molar-refractivity contribution is 9.10. The normalized spacial score (nSPS) is 17.4. The molecule has 3 N–H and O–H groups in total. The first kappa shape index (κ1) is 17.8. The van der Waals surface area contributed by atoms with Crippen LogP contribution in [0.2, 0.25) is 0 Å². The quantitative estimate of drug-likeness (QED) is 0.713. The van der Waals surface area contributed by atoms with Crippen LogP contribution in [0.5, 0.6) is 0 Å². The first-order chi connectivity index (χ1) is 12.0. The monoisotopic (exact) mass is 401 g/mol. The summed E-state index contributed by atoms with van der Waals surface area (Å²) in [6.07, 6.45) is 3.68. The molecule has 1 fully saturated rings. The Balaban J connectivity index is 1.88. The van der Waals surface area contributed by atoms with Gasteiger partial charge < -0.3 is 16.0 Å². The van der Waals surface area contributed by atoms with Gasteiger partial charge in [0.05, 0.1) is 11.4 Å². The van der Waals surface area contributed by atoms with Gasteiger partial charge in [0.15, 0.2) is 0 Å². The number of rotatable bonds is 3. The van der Waals surface area contributed by atoms with Crippen molar-refractivity contribution in [1.29, 1.82) is 0 Å². The Bertz CT molecular complexity index is 791. The van der Waals surface area contributed by atoms with E-state index in [2.05, 4.69) is 40.0 Å². The third-order valence-electron chi connectivity index (χ3n) is 4.82. The standard InChI is InChI=1S/C20H24BrN3O/c1-13-10-17(22)18(12-19(13)24-9-4-3-6-14(24)2)23-20(25)15-7-5-8-16(21)11-15/h5,7-8,10-12,14H,3-4,6,9,22H2,1-2H3,(H,23,25). The van der Waals surface area contributed by atoms with Gasteiger partial charge in [0.25, 0.3) is 5.91 Å². The summed E-state index contributed by atoms with van der Waals surface area (Å²) in [6.45, 7) is 5.38. The van der Waals surface area contributed by atoms with Crippen LogP contribution in [0.25, 0.3) is 0 Å². The fraction of sp³-hybridized carbons (Fsp3) is 0.350. The number of hydrogen-bond donors (Lipinski definition) is 2. The third kappa shape index (κ3) is 3.98. The fourth-order valence-corrected chi connectivity index (χ4v) is 3.82. The smallest absolute Gasteiger partial charge is 0.255 e. The van der Waals surface area contributed by atoms with E-state index in [1.807, 2.05) is 24.3 Å². The Kier molecular flexibility index (Phi) is 5.33. The maximum Gasteiger partial charge on any atom is 0.255 e. The van der Waals surface area contributed by atoms with Crippen LogP contribution in [-0.2, 0) is 0 Å². The molecule has 1 aliphatic heterocycles. The molecule has 1 heterocycles. The second-order valence-corrected chi connectivity index (χ2v) is 7.64. The number of nitrogens with two attached hydrogens (primary N) is 1. The minimum absolute atomic E-state index is 0.158.